The molecule has 0 aromatic rings. The Bertz CT molecular complexity index is 278. The van der Waals surface area contributed by atoms with Gasteiger partial charge in [-0.05, 0) is 57.9 Å². The highest BCUT2D eigenvalue weighted by Crippen LogP contribution is 2.57. The molecular weight excluding hydrogens is 278 g/mol. The van der Waals surface area contributed by atoms with Gasteiger partial charge in [-0.15, -0.1) is 4.52 Å². The summed E-state index contributed by atoms with van der Waals surface area (Å²) < 4.78 is 28.3. The molecule has 0 bridgehead atoms. The minimum absolute atomic E-state index is 0.0398. The van der Waals surface area contributed by atoms with Crippen LogP contribution in [0.3, 0.4) is 0 Å². The van der Waals surface area contributed by atoms with E-state index in [0.29, 0.717) is 0 Å². The normalized spacial score (nSPS) is 13.8. The van der Waals surface area contributed by atoms with Crippen LogP contribution in [-0.2, 0) is 29.9 Å². The molecule has 0 radical (unpaired) electrons. The van der Waals surface area contributed by atoms with Gasteiger partial charge < -0.3 is 9.05 Å². The van der Waals surface area contributed by atoms with Crippen molar-refractivity contribution in [2.24, 2.45) is 0 Å². The number of hydrogen-bond acceptors (Lipinski definition) is 5. The molecule has 0 fully saturated rings. The second-order valence-electron chi connectivity index (χ2n) is 4.55. The zero-order valence-corrected chi connectivity index (χ0v) is 14.0. The third kappa shape index (κ3) is 9.24. The predicted molar refractivity (Wildman–Crippen MR) is 75.4 cm³/mol. The van der Waals surface area contributed by atoms with Gasteiger partial charge in [-0.25, -0.2) is 0 Å². The standard InChI is InChI=1S/C10H23O4P2S/c1-8(2)12-15(11)7-16(17,13-9(3)4)14-10(5)6/h8-10H,7H2,1-6H3/q+1. The Morgan fingerprint density at radius 2 is 1.41 bits per heavy atom. The first-order valence-electron chi connectivity index (χ1n) is 5.72. The van der Waals surface area contributed by atoms with E-state index in [1.807, 2.05) is 41.5 Å². The van der Waals surface area contributed by atoms with Crippen molar-refractivity contribution >= 4 is 26.3 Å². The van der Waals surface area contributed by atoms with Crippen LogP contribution in [0.2, 0.25) is 0 Å². The average Bonchev–Trinajstić information content (AvgIpc) is 1.95. The average molecular weight is 301 g/mol. The largest absolute Gasteiger partial charge is 0.518 e. The second-order valence-corrected chi connectivity index (χ2v) is 9.87. The van der Waals surface area contributed by atoms with Crippen molar-refractivity contribution in [2.45, 2.75) is 59.9 Å². The van der Waals surface area contributed by atoms with Crippen LogP contribution < -0.4 is 0 Å². The first kappa shape index (κ1) is 17.6. The van der Waals surface area contributed by atoms with Crippen molar-refractivity contribution in [1.29, 1.82) is 0 Å². The molecule has 0 heterocycles. The lowest BCUT2D eigenvalue weighted by Crippen LogP contribution is -2.09. The van der Waals surface area contributed by atoms with E-state index in [-0.39, 0.29) is 24.2 Å². The Labute approximate surface area is 110 Å². The van der Waals surface area contributed by atoms with Crippen molar-refractivity contribution in [2.75, 3.05) is 5.90 Å². The van der Waals surface area contributed by atoms with Crippen LogP contribution in [-0.4, -0.2) is 24.2 Å². The summed E-state index contributed by atoms with van der Waals surface area (Å²) in [6.07, 6.45) is -0.163. The minimum atomic E-state index is -2.52. The molecule has 0 amide bonds. The predicted octanol–water partition coefficient (Wildman–Crippen LogP) is 4.27. The van der Waals surface area contributed by atoms with Crippen LogP contribution in [0, 0.1) is 0 Å². The summed E-state index contributed by atoms with van der Waals surface area (Å²) in [5.41, 5.74) is 0. The van der Waals surface area contributed by atoms with Gasteiger partial charge in [0.2, 0.25) is 6.49 Å². The van der Waals surface area contributed by atoms with E-state index < -0.39 is 14.5 Å². The topological polar surface area (TPSA) is 44.8 Å². The van der Waals surface area contributed by atoms with Gasteiger partial charge in [0.05, 0.1) is 12.2 Å². The zero-order valence-electron chi connectivity index (χ0n) is 11.4. The SMILES string of the molecule is CC(C)O[P+](=O)CP(=S)(OC(C)C)OC(C)C. The maximum Gasteiger partial charge on any atom is 0.518 e. The van der Waals surface area contributed by atoms with Crippen LogP contribution in [0.15, 0.2) is 0 Å². The summed E-state index contributed by atoms with van der Waals surface area (Å²) in [5, 5.41) is 0. The lowest BCUT2D eigenvalue weighted by Gasteiger charge is -2.22. The summed E-state index contributed by atoms with van der Waals surface area (Å²) >= 11 is 5.39. The molecule has 0 saturated carbocycles. The number of hydrogen-bond donors (Lipinski definition) is 0. The van der Waals surface area contributed by atoms with Gasteiger partial charge in [0, 0.05) is 0 Å². The van der Waals surface area contributed by atoms with Gasteiger partial charge >= 0.3 is 8.03 Å². The van der Waals surface area contributed by atoms with E-state index in [1.54, 1.807) is 0 Å². The third-order valence-corrected chi connectivity index (χ3v) is 7.37. The molecule has 4 nitrogen and oxygen atoms in total. The molecule has 0 aliphatic heterocycles. The van der Waals surface area contributed by atoms with Crippen LogP contribution in [0.25, 0.3) is 0 Å². The smallest absolute Gasteiger partial charge is 0.324 e. The fourth-order valence-corrected chi connectivity index (χ4v) is 6.76. The van der Waals surface area contributed by atoms with Crippen LogP contribution in [0.4, 0.5) is 0 Å². The minimum Gasteiger partial charge on any atom is -0.324 e. The Balaban J connectivity index is 4.58. The fraction of sp³-hybridized carbons (Fsp3) is 1.00. The van der Waals surface area contributed by atoms with Crippen LogP contribution in [0.5, 0.6) is 0 Å². The molecule has 0 aromatic heterocycles. The molecular formula is C10H23O4P2S+. The summed E-state index contributed by atoms with van der Waals surface area (Å²) in [6, 6.07) is 0. The van der Waals surface area contributed by atoms with Crippen LogP contribution in [0.1, 0.15) is 41.5 Å². The van der Waals surface area contributed by atoms with Gasteiger partial charge in [-0.3, -0.25) is 0 Å². The van der Waals surface area contributed by atoms with E-state index in [9.17, 15) is 4.57 Å². The highest BCUT2D eigenvalue weighted by molar-refractivity contribution is 8.11. The molecule has 0 saturated heterocycles. The first-order chi connectivity index (χ1) is 7.64. The maximum absolute atomic E-state index is 11.8. The molecule has 1 atom stereocenters. The molecule has 0 aromatic carbocycles. The third-order valence-electron chi connectivity index (χ3n) is 1.36. The second kappa shape index (κ2) is 7.93. The molecule has 0 aliphatic carbocycles. The van der Waals surface area contributed by atoms with Crippen molar-refractivity contribution in [1.82, 2.24) is 0 Å². The monoisotopic (exact) mass is 301 g/mol. The van der Waals surface area contributed by atoms with Crippen molar-refractivity contribution in [3.63, 3.8) is 0 Å². The highest BCUT2D eigenvalue weighted by atomic mass is 32.5. The summed E-state index contributed by atoms with van der Waals surface area (Å²) in [6.45, 7) is 8.71. The highest BCUT2D eigenvalue weighted by Gasteiger charge is 2.35. The molecule has 0 spiro atoms. The Morgan fingerprint density at radius 3 is 1.71 bits per heavy atom. The molecule has 102 valence electrons. The van der Waals surface area contributed by atoms with Crippen molar-refractivity contribution in [3.05, 3.63) is 0 Å². The Kier molecular flexibility index (Phi) is 8.23. The van der Waals surface area contributed by atoms with Gasteiger partial charge in [0.25, 0.3) is 5.90 Å². The van der Waals surface area contributed by atoms with Gasteiger partial charge in [-0.2, -0.15) is 0 Å². The van der Waals surface area contributed by atoms with Crippen LogP contribution >= 0.6 is 14.5 Å². The molecule has 17 heavy (non-hydrogen) atoms. The maximum atomic E-state index is 11.8. The summed E-state index contributed by atoms with van der Waals surface area (Å²) in [4.78, 5) is 0. The molecule has 7 heteroatoms. The van der Waals surface area contributed by atoms with E-state index in [1.165, 1.54) is 0 Å². The summed E-state index contributed by atoms with van der Waals surface area (Å²) in [7, 11) is -1.82. The quantitative estimate of drug-likeness (QED) is 0.626. The molecule has 1 unspecified atom stereocenters. The Morgan fingerprint density at radius 1 is 1.00 bits per heavy atom. The summed E-state index contributed by atoms with van der Waals surface area (Å²) in [5.74, 6) is 0.173. The first-order valence-corrected chi connectivity index (χ1v) is 9.90. The van der Waals surface area contributed by atoms with E-state index >= 15 is 0 Å². The number of rotatable bonds is 8. The molecule has 0 aliphatic rings. The van der Waals surface area contributed by atoms with Gasteiger partial charge in [-0.1, -0.05) is 0 Å². The van der Waals surface area contributed by atoms with Crippen molar-refractivity contribution in [3.8, 4) is 0 Å². The van der Waals surface area contributed by atoms with Crippen molar-refractivity contribution < 1.29 is 18.1 Å². The van der Waals surface area contributed by atoms with E-state index in [0.717, 1.165) is 0 Å². The lowest BCUT2D eigenvalue weighted by atomic mass is 10.5. The Hall–Kier alpha value is 0.630. The van der Waals surface area contributed by atoms with Gasteiger partial charge in [0.1, 0.15) is 6.10 Å². The fourth-order valence-electron chi connectivity index (χ4n) is 1.14. The van der Waals surface area contributed by atoms with E-state index in [4.69, 9.17) is 25.4 Å². The molecule has 0 N–H and O–H groups in total. The van der Waals surface area contributed by atoms with E-state index in [2.05, 4.69) is 0 Å². The zero-order chi connectivity index (χ0) is 13.6. The molecule has 0 rings (SSSR count). The lowest BCUT2D eigenvalue weighted by molar-refractivity contribution is 0.176. The van der Waals surface area contributed by atoms with Gasteiger partial charge in [0.15, 0.2) is 0 Å².